The van der Waals surface area contributed by atoms with Crippen molar-refractivity contribution in [1.29, 1.82) is 5.26 Å². The van der Waals surface area contributed by atoms with Crippen molar-refractivity contribution >= 4 is 46.4 Å². The number of ether oxygens (including phenoxy) is 1. The minimum absolute atomic E-state index is 0.0558. The molecule has 0 saturated heterocycles. The Morgan fingerprint density at radius 3 is 2.31 bits per heavy atom. The van der Waals surface area contributed by atoms with Gasteiger partial charge in [-0.15, -0.1) is 0 Å². The summed E-state index contributed by atoms with van der Waals surface area (Å²) in [5.41, 5.74) is 0.747. The number of halogens is 1. The van der Waals surface area contributed by atoms with E-state index >= 15 is 0 Å². The zero-order valence-corrected chi connectivity index (χ0v) is 18.7. The summed E-state index contributed by atoms with van der Waals surface area (Å²) >= 11 is 6.07. The van der Waals surface area contributed by atoms with Crippen LogP contribution in [0.2, 0.25) is 5.02 Å². The van der Waals surface area contributed by atoms with Crippen LogP contribution in [0.15, 0.2) is 72.8 Å². The molecule has 0 saturated carbocycles. The second-order valence-electron chi connectivity index (χ2n) is 7.07. The van der Waals surface area contributed by atoms with E-state index in [-0.39, 0.29) is 28.4 Å². The van der Waals surface area contributed by atoms with Crippen LogP contribution in [0.1, 0.15) is 28.4 Å². The number of rotatable bonds is 8. The molecule has 0 aliphatic heterocycles. The fraction of sp³-hybridized carbons (Fsp3) is 0.0833. The van der Waals surface area contributed by atoms with Gasteiger partial charge in [0.15, 0.2) is 0 Å². The number of esters is 1. The maximum atomic E-state index is 13.0. The average Bonchev–Trinajstić information content (AvgIpc) is 2.84. The van der Waals surface area contributed by atoms with Crippen molar-refractivity contribution in [3.63, 3.8) is 0 Å². The lowest BCUT2D eigenvalue weighted by Crippen LogP contribution is -2.26. The normalized spacial score (nSPS) is 11.0. The van der Waals surface area contributed by atoms with Crippen molar-refractivity contribution in [2.75, 3.05) is 10.6 Å². The van der Waals surface area contributed by atoms with Gasteiger partial charge in [0.25, 0.3) is 11.6 Å². The summed E-state index contributed by atoms with van der Waals surface area (Å²) in [5, 5.41) is 24.4. The Bertz CT molecular complexity index is 1310. The second kappa shape index (κ2) is 11.4. The Kier molecular flexibility index (Phi) is 8.11. The van der Waals surface area contributed by atoms with Crippen LogP contribution in [0.3, 0.4) is 0 Å². The molecule has 3 rings (SSSR count). The molecule has 0 heterocycles. The van der Waals surface area contributed by atoms with Gasteiger partial charge in [0, 0.05) is 23.4 Å². The molecule has 0 radical (unpaired) electrons. The highest BCUT2D eigenvalue weighted by Crippen LogP contribution is 2.29. The fourth-order valence-corrected chi connectivity index (χ4v) is 3.18. The molecule has 1 atom stereocenters. The number of nitro groups is 1. The van der Waals surface area contributed by atoms with Gasteiger partial charge in [0.2, 0.25) is 12.0 Å². The monoisotopic (exact) mass is 492 g/mol. The van der Waals surface area contributed by atoms with Crippen LogP contribution in [0, 0.1) is 21.4 Å². The topological polar surface area (TPSA) is 151 Å². The molecule has 2 amide bonds. The molecule has 3 aromatic carbocycles. The van der Waals surface area contributed by atoms with Crippen LogP contribution in [-0.4, -0.2) is 22.7 Å². The number of nitrogens with zero attached hydrogens (tertiary/aromatic N) is 2. The van der Waals surface area contributed by atoms with E-state index in [1.165, 1.54) is 36.4 Å². The number of benzene rings is 3. The van der Waals surface area contributed by atoms with Crippen molar-refractivity contribution < 1.29 is 24.0 Å². The number of hydrogen-bond acceptors (Lipinski definition) is 7. The lowest BCUT2D eigenvalue weighted by Gasteiger charge is -2.18. The van der Waals surface area contributed by atoms with Crippen molar-refractivity contribution in [2.45, 2.75) is 12.5 Å². The summed E-state index contributed by atoms with van der Waals surface area (Å²) in [6.45, 7) is 0. The van der Waals surface area contributed by atoms with Gasteiger partial charge >= 0.3 is 5.97 Å². The molecule has 11 heteroatoms. The molecular weight excluding hydrogens is 476 g/mol. The Morgan fingerprint density at radius 1 is 1.03 bits per heavy atom. The Hall–Kier alpha value is -4.75. The van der Waals surface area contributed by atoms with Crippen LogP contribution in [0.5, 0.6) is 0 Å². The standard InChI is InChI=1S/C24H17ClN4O6/c25-19-14-18(29(33)34)10-11-20(19)28-23(31)22(15-4-2-1-3-5-15)35-24(32)16-6-8-17(9-7-16)27-21(30)12-13-26/h1-11,14,22H,12H2,(H,27,30)(H,28,31)/t22-/m0/s1. The van der Waals surface area contributed by atoms with Crippen LogP contribution in [-0.2, 0) is 14.3 Å². The van der Waals surface area contributed by atoms with E-state index in [4.69, 9.17) is 21.6 Å². The summed E-state index contributed by atoms with van der Waals surface area (Å²) in [4.78, 5) is 47.6. The van der Waals surface area contributed by atoms with Gasteiger partial charge in [0.1, 0.15) is 6.42 Å². The first-order valence-electron chi connectivity index (χ1n) is 10.1. The predicted molar refractivity (Wildman–Crippen MR) is 127 cm³/mol. The number of amides is 2. The van der Waals surface area contributed by atoms with Crippen LogP contribution < -0.4 is 10.6 Å². The summed E-state index contributed by atoms with van der Waals surface area (Å²) in [6.07, 6.45) is -1.67. The molecule has 10 nitrogen and oxygen atoms in total. The van der Waals surface area contributed by atoms with E-state index in [1.807, 2.05) is 0 Å². The van der Waals surface area contributed by atoms with Crippen molar-refractivity contribution in [3.05, 3.63) is 99.1 Å². The molecular formula is C24H17ClN4O6. The third-order valence-corrected chi connectivity index (χ3v) is 4.94. The number of hydrogen-bond donors (Lipinski definition) is 2. The number of non-ortho nitro benzene ring substituents is 1. The lowest BCUT2D eigenvalue weighted by molar-refractivity contribution is -0.384. The molecule has 35 heavy (non-hydrogen) atoms. The maximum absolute atomic E-state index is 13.0. The highest BCUT2D eigenvalue weighted by Gasteiger charge is 2.26. The smallest absolute Gasteiger partial charge is 0.339 e. The number of nitrogens with one attached hydrogen (secondary N) is 2. The molecule has 0 spiro atoms. The maximum Gasteiger partial charge on any atom is 0.339 e. The number of nitriles is 1. The van der Waals surface area contributed by atoms with E-state index in [2.05, 4.69) is 10.6 Å². The highest BCUT2D eigenvalue weighted by atomic mass is 35.5. The van der Waals surface area contributed by atoms with Gasteiger partial charge < -0.3 is 15.4 Å². The van der Waals surface area contributed by atoms with Gasteiger partial charge in [-0.3, -0.25) is 19.7 Å². The van der Waals surface area contributed by atoms with Gasteiger partial charge in [0.05, 0.1) is 27.3 Å². The first-order valence-corrected chi connectivity index (χ1v) is 10.4. The molecule has 0 aliphatic rings. The Labute approximate surface area is 204 Å². The van der Waals surface area contributed by atoms with Crippen molar-refractivity contribution in [1.82, 2.24) is 0 Å². The van der Waals surface area contributed by atoms with E-state index in [0.717, 1.165) is 6.07 Å². The van der Waals surface area contributed by atoms with Crippen LogP contribution >= 0.6 is 11.6 Å². The van der Waals surface area contributed by atoms with E-state index < -0.39 is 28.8 Å². The third-order valence-electron chi connectivity index (χ3n) is 4.63. The first kappa shape index (κ1) is 24.9. The molecule has 2 N–H and O–H groups in total. The summed E-state index contributed by atoms with van der Waals surface area (Å²) in [5.74, 6) is -2.02. The van der Waals surface area contributed by atoms with E-state index in [9.17, 15) is 24.5 Å². The molecule has 0 unspecified atom stereocenters. The highest BCUT2D eigenvalue weighted by molar-refractivity contribution is 6.34. The van der Waals surface area contributed by atoms with Gasteiger partial charge in [-0.2, -0.15) is 5.26 Å². The van der Waals surface area contributed by atoms with Crippen molar-refractivity contribution in [2.24, 2.45) is 0 Å². The third kappa shape index (κ3) is 6.63. The van der Waals surface area contributed by atoms with Gasteiger partial charge in [-0.1, -0.05) is 41.9 Å². The zero-order valence-electron chi connectivity index (χ0n) is 17.9. The largest absolute Gasteiger partial charge is 0.444 e. The van der Waals surface area contributed by atoms with E-state index in [0.29, 0.717) is 11.3 Å². The number of anilines is 2. The molecule has 0 fully saturated rings. The number of carbonyl (C=O) groups excluding carboxylic acids is 3. The summed E-state index contributed by atoms with van der Waals surface area (Å²) in [7, 11) is 0. The summed E-state index contributed by atoms with van der Waals surface area (Å²) < 4.78 is 5.49. The molecule has 0 bridgehead atoms. The van der Waals surface area contributed by atoms with Crippen LogP contribution in [0.4, 0.5) is 17.1 Å². The predicted octanol–water partition coefficient (Wildman–Crippen LogP) is 4.64. The summed E-state index contributed by atoms with van der Waals surface area (Å²) in [6, 6.07) is 19.3. The van der Waals surface area contributed by atoms with E-state index in [1.54, 1.807) is 36.4 Å². The molecule has 0 aliphatic carbocycles. The Morgan fingerprint density at radius 2 is 1.71 bits per heavy atom. The molecule has 0 aromatic heterocycles. The molecule has 176 valence electrons. The SMILES string of the molecule is N#CCC(=O)Nc1ccc(C(=O)O[C@H](C(=O)Nc2ccc([N+](=O)[O-])cc2Cl)c2ccccc2)cc1. The molecule has 3 aromatic rings. The lowest BCUT2D eigenvalue weighted by atomic mass is 10.1. The van der Waals surface area contributed by atoms with Gasteiger partial charge in [-0.25, -0.2) is 4.79 Å². The van der Waals surface area contributed by atoms with Crippen molar-refractivity contribution in [3.8, 4) is 6.07 Å². The minimum atomic E-state index is -1.36. The average molecular weight is 493 g/mol. The minimum Gasteiger partial charge on any atom is -0.444 e. The first-order chi connectivity index (χ1) is 16.8. The zero-order chi connectivity index (χ0) is 25.4. The van der Waals surface area contributed by atoms with Crippen LogP contribution in [0.25, 0.3) is 0 Å². The number of carbonyl (C=O) groups is 3. The Balaban J connectivity index is 1.79. The quantitative estimate of drug-likeness (QED) is 0.264. The fourth-order valence-electron chi connectivity index (χ4n) is 2.96. The number of nitro benzene ring substituents is 1. The second-order valence-corrected chi connectivity index (χ2v) is 7.47. The van der Waals surface area contributed by atoms with Gasteiger partial charge in [-0.05, 0) is 30.3 Å².